The van der Waals surface area contributed by atoms with Crippen LogP contribution in [0.5, 0.6) is 5.75 Å². The SMILES string of the molecule is CCN(CC)c1ccc2nc3c4cc(OCCCCCC(=O)NCC(=O)OC(C)(C)C)ccc4c(=O)cc-3oc2c1. The van der Waals surface area contributed by atoms with E-state index < -0.39 is 11.6 Å². The first-order valence-electron chi connectivity index (χ1n) is 14.3. The van der Waals surface area contributed by atoms with Gasteiger partial charge in [-0.25, -0.2) is 4.98 Å². The number of nitrogens with one attached hydrogen (secondary N) is 1. The number of unbranched alkanes of at least 4 members (excludes halogenated alkanes) is 2. The van der Waals surface area contributed by atoms with Crippen LogP contribution in [0.2, 0.25) is 0 Å². The van der Waals surface area contributed by atoms with Gasteiger partial charge in [0.05, 0.1) is 6.61 Å². The number of benzene rings is 3. The molecular weight excluding hydrogens is 522 g/mol. The zero-order chi connectivity index (χ0) is 29.6. The van der Waals surface area contributed by atoms with Gasteiger partial charge in [-0.2, -0.15) is 0 Å². The number of rotatable bonds is 12. The summed E-state index contributed by atoms with van der Waals surface area (Å²) in [4.78, 5) is 43.6. The first-order chi connectivity index (χ1) is 19.6. The number of esters is 1. The van der Waals surface area contributed by atoms with Crippen molar-refractivity contribution in [3.05, 3.63) is 52.7 Å². The first kappa shape index (κ1) is 29.8. The number of aromatic nitrogens is 1. The van der Waals surface area contributed by atoms with Gasteiger partial charge in [0.2, 0.25) is 5.91 Å². The summed E-state index contributed by atoms with van der Waals surface area (Å²) < 4.78 is 17.3. The van der Waals surface area contributed by atoms with Crippen LogP contribution >= 0.6 is 0 Å². The lowest BCUT2D eigenvalue weighted by Gasteiger charge is -2.21. The lowest BCUT2D eigenvalue weighted by atomic mass is 10.0. The number of carbonyl (C=O) groups excluding carboxylic acids is 2. The number of carbonyl (C=O) groups is 2. The van der Waals surface area contributed by atoms with E-state index in [4.69, 9.17) is 18.9 Å². The molecule has 218 valence electrons. The Bertz CT molecular complexity index is 1550. The van der Waals surface area contributed by atoms with Gasteiger partial charge in [-0.05, 0) is 84.2 Å². The molecule has 1 aliphatic carbocycles. The van der Waals surface area contributed by atoms with Crippen molar-refractivity contribution in [1.29, 1.82) is 0 Å². The molecule has 0 bridgehead atoms. The molecule has 0 atom stereocenters. The lowest BCUT2D eigenvalue weighted by Crippen LogP contribution is -2.34. The highest BCUT2D eigenvalue weighted by molar-refractivity contribution is 5.97. The molecule has 4 rings (SSSR count). The Morgan fingerprint density at radius 3 is 2.49 bits per heavy atom. The topological polar surface area (TPSA) is 111 Å². The molecule has 1 aliphatic heterocycles. The van der Waals surface area contributed by atoms with Crippen molar-refractivity contribution in [2.75, 3.05) is 31.1 Å². The number of anilines is 1. The Kier molecular flexibility index (Phi) is 9.47. The summed E-state index contributed by atoms with van der Waals surface area (Å²) in [5.74, 6) is 0.446. The molecule has 2 aromatic carbocycles. The third kappa shape index (κ3) is 7.74. The monoisotopic (exact) mass is 561 g/mol. The van der Waals surface area contributed by atoms with Gasteiger partial charge in [0.15, 0.2) is 16.8 Å². The lowest BCUT2D eigenvalue weighted by molar-refractivity contribution is -0.154. The molecule has 0 fully saturated rings. The standard InChI is InChI=1S/C32H39N3O6/c1-6-35(7-2)21-12-15-25-27(17-21)40-28-19-26(36)23-14-13-22(18-24(23)31(28)34-25)39-16-10-8-9-11-29(37)33-20-30(38)41-32(3,4)5/h12-15,17-19H,6-11,16,20H2,1-5H3,(H,33,37). The van der Waals surface area contributed by atoms with Crippen LogP contribution in [-0.4, -0.2) is 48.7 Å². The van der Waals surface area contributed by atoms with Crippen molar-refractivity contribution < 1.29 is 23.5 Å². The van der Waals surface area contributed by atoms with E-state index in [1.54, 1.807) is 32.9 Å². The van der Waals surface area contributed by atoms with Gasteiger partial charge in [-0.3, -0.25) is 14.4 Å². The Morgan fingerprint density at radius 2 is 1.76 bits per heavy atom. The van der Waals surface area contributed by atoms with Gasteiger partial charge in [0.25, 0.3) is 0 Å². The maximum Gasteiger partial charge on any atom is 0.325 e. The number of amides is 1. The summed E-state index contributed by atoms with van der Waals surface area (Å²) in [5.41, 5.74) is 2.31. The van der Waals surface area contributed by atoms with Crippen LogP contribution in [0.4, 0.5) is 5.69 Å². The molecule has 1 N–H and O–H groups in total. The van der Waals surface area contributed by atoms with Gasteiger partial charge >= 0.3 is 5.97 Å². The van der Waals surface area contributed by atoms with Crippen molar-refractivity contribution in [3.63, 3.8) is 0 Å². The fourth-order valence-electron chi connectivity index (χ4n) is 4.71. The highest BCUT2D eigenvalue weighted by Crippen LogP contribution is 2.33. The van der Waals surface area contributed by atoms with Crippen molar-refractivity contribution in [3.8, 4) is 17.2 Å². The second-order valence-electron chi connectivity index (χ2n) is 11.0. The average molecular weight is 562 g/mol. The molecule has 2 aromatic rings. The second-order valence-corrected chi connectivity index (χ2v) is 11.0. The highest BCUT2D eigenvalue weighted by Gasteiger charge is 2.18. The fraction of sp³-hybridized carbons (Fsp3) is 0.438. The largest absolute Gasteiger partial charge is 0.494 e. The minimum Gasteiger partial charge on any atom is -0.494 e. The predicted octanol–water partition coefficient (Wildman–Crippen LogP) is 5.69. The van der Waals surface area contributed by atoms with Crippen LogP contribution in [0.1, 0.15) is 60.3 Å². The molecule has 0 radical (unpaired) electrons. The Hall–Kier alpha value is -4.14. The van der Waals surface area contributed by atoms with Gasteiger partial charge in [-0.15, -0.1) is 0 Å². The summed E-state index contributed by atoms with van der Waals surface area (Å²) in [6, 6.07) is 12.8. The van der Waals surface area contributed by atoms with Crippen LogP contribution < -0.4 is 20.4 Å². The molecule has 2 aliphatic rings. The minimum absolute atomic E-state index is 0.129. The molecule has 9 heteroatoms. The number of hydrogen-bond donors (Lipinski definition) is 1. The predicted molar refractivity (Wildman–Crippen MR) is 161 cm³/mol. The molecule has 0 spiro atoms. The van der Waals surface area contributed by atoms with Gasteiger partial charge in [0.1, 0.15) is 29.1 Å². The van der Waals surface area contributed by atoms with Crippen molar-refractivity contribution in [1.82, 2.24) is 10.3 Å². The second kappa shape index (κ2) is 13.0. The molecule has 1 heterocycles. The van der Waals surface area contributed by atoms with Gasteiger partial charge < -0.3 is 24.1 Å². The summed E-state index contributed by atoms with van der Waals surface area (Å²) in [5, 5.41) is 3.84. The van der Waals surface area contributed by atoms with Crippen molar-refractivity contribution in [2.24, 2.45) is 0 Å². The van der Waals surface area contributed by atoms with Crippen molar-refractivity contribution in [2.45, 2.75) is 65.9 Å². The molecule has 9 nitrogen and oxygen atoms in total. The smallest absolute Gasteiger partial charge is 0.325 e. The first-order valence-corrected chi connectivity index (χ1v) is 14.3. The van der Waals surface area contributed by atoms with Gasteiger partial charge in [-0.1, -0.05) is 0 Å². The Balaban J connectivity index is 1.36. The van der Waals surface area contributed by atoms with E-state index in [0.29, 0.717) is 53.0 Å². The summed E-state index contributed by atoms with van der Waals surface area (Å²) in [7, 11) is 0. The summed E-state index contributed by atoms with van der Waals surface area (Å²) >= 11 is 0. The zero-order valence-electron chi connectivity index (χ0n) is 24.5. The fourth-order valence-corrected chi connectivity index (χ4v) is 4.71. The Morgan fingerprint density at radius 1 is 0.976 bits per heavy atom. The normalized spacial score (nSPS) is 11.6. The van der Waals surface area contributed by atoms with E-state index in [1.165, 1.54) is 6.07 Å². The molecular formula is C32H39N3O6. The minimum atomic E-state index is -0.576. The van der Waals surface area contributed by atoms with E-state index in [2.05, 4.69) is 24.1 Å². The molecule has 0 saturated heterocycles. The molecule has 0 saturated carbocycles. The van der Waals surface area contributed by atoms with Crippen LogP contribution in [0, 0.1) is 0 Å². The zero-order valence-corrected chi connectivity index (χ0v) is 24.5. The maximum atomic E-state index is 12.8. The molecule has 41 heavy (non-hydrogen) atoms. The molecule has 0 aromatic heterocycles. The Labute approximate surface area is 240 Å². The number of fused-ring (bicyclic) bond motifs is 4. The third-order valence-electron chi connectivity index (χ3n) is 6.70. The van der Waals surface area contributed by atoms with Crippen molar-refractivity contribution >= 4 is 39.4 Å². The van der Waals surface area contributed by atoms with Gasteiger partial charge in [0, 0.05) is 48.1 Å². The highest BCUT2D eigenvalue weighted by atomic mass is 16.6. The molecule has 1 amide bonds. The van der Waals surface area contributed by atoms with E-state index in [0.717, 1.165) is 37.1 Å². The number of hydrogen-bond acceptors (Lipinski definition) is 8. The summed E-state index contributed by atoms with van der Waals surface area (Å²) in [6.45, 7) is 11.7. The van der Waals surface area contributed by atoms with Crippen LogP contribution in [-0.2, 0) is 14.3 Å². The van der Waals surface area contributed by atoms with Crippen LogP contribution in [0.25, 0.3) is 33.3 Å². The summed E-state index contributed by atoms with van der Waals surface area (Å²) in [6.07, 6.45) is 2.56. The van der Waals surface area contributed by atoms with Crippen LogP contribution in [0.15, 0.2) is 51.7 Å². The third-order valence-corrected chi connectivity index (χ3v) is 6.70. The quantitative estimate of drug-likeness (QED) is 0.102. The van der Waals surface area contributed by atoms with E-state index in [-0.39, 0.29) is 17.9 Å². The van der Waals surface area contributed by atoms with Crippen LogP contribution in [0.3, 0.4) is 0 Å². The van der Waals surface area contributed by atoms with E-state index in [9.17, 15) is 14.4 Å². The maximum absolute atomic E-state index is 12.8. The molecule has 0 unspecified atom stereocenters. The van der Waals surface area contributed by atoms with E-state index in [1.807, 2.05) is 24.3 Å². The number of nitrogens with zero attached hydrogens (tertiary/aromatic N) is 2. The van der Waals surface area contributed by atoms with E-state index >= 15 is 0 Å². The number of ether oxygens (including phenoxy) is 2. The average Bonchev–Trinajstić information content (AvgIpc) is 2.92.